The van der Waals surface area contributed by atoms with Gasteiger partial charge in [-0.2, -0.15) is 5.26 Å². The fraction of sp³-hybridized carbons (Fsp3) is 0. The molecule has 0 spiro atoms. The molecule has 0 amide bonds. The normalized spacial score (nSPS) is 10.5. The molecule has 1 N–H and O–H groups in total. The second-order valence-corrected chi connectivity index (χ2v) is 2.66. The fourth-order valence-electron chi connectivity index (χ4n) is 0.940. The number of rotatable bonds is 3. The summed E-state index contributed by atoms with van der Waals surface area (Å²) in [6, 6.07) is 7.46. The predicted octanol–water partition coefficient (Wildman–Crippen LogP) is 2.08. The highest BCUT2D eigenvalue weighted by atomic mass is 16.4. The van der Waals surface area contributed by atoms with Crippen LogP contribution in [0, 0.1) is 16.2 Å². The first-order chi connectivity index (χ1) is 7.17. The van der Waals surface area contributed by atoms with E-state index in [-0.39, 0.29) is 11.3 Å². The molecule has 0 saturated carbocycles. The largest absolute Gasteiger partial charge is 0.477 e. The smallest absolute Gasteiger partial charge is 0.346 e. The maximum absolute atomic E-state index is 10.5. The van der Waals surface area contributed by atoms with Gasteiger partial charge in [0, 0.05) is 0 Å². The molecule has 0 atom stereocenters. The Balaban J connectivity index is 3.03. The minimum atomic E-state index is -1.28. The van der Waals surface area contributed by atoms with Crippen molar-refractivity contribution in [1.29, 1.82) is 5.26 Å². The molecule has 0 heterocycles. The standard InChI is InChI=1S/C10H6N2O3/c11-6-8(10(13)14)5-7-1-3-9(12-15)4-2-7/h1-5H,(H,13,14)/b8-5+. The number of carboxylic acids is 1. The second kappa shape index (κ2) is 4.67. The van der Waals surface area contributed by atoms with E-state index in [1.54, 1.807) is 6.07 Å². The second-order valence-electron chi connectivity index (χ2n) is 2.66. The van der Waals surface area contributed by atoms with Crippen LogP contribution in [0.25, 0.3) is 6.08 Å². The maximum Gasteiger partial charge on any atom is 0.346 e. The SMILES string of the molecule is N#C/C(=C\c1ccc(N=O)cc1)C(=O)O. The van der Waals surface area contributed by atoms with Crippen molar-refractivity contribution >= 4 is 17.7 Å². The molecule has 0 aliphatic heterocycles. The summed E-state index contributed by atoms with van der Waals surface area (Å²) in [5, 5.41) is 19.8. The van der Waals surface area contributed by atoms with Crippen molar-refractivity contribution in [3.63, 3.8) is 0 Å². The van der Waals surface area contributed by atoms with Gasteiger partial charge in [0.15, 0.2) is 0 Å². The van der Waals surface area contributed by atoms with Crippen LogP contribution in [0.3, 0.4) is 0 Å². The lowest BCUT2D eigenvalue weighted by molar-refractivity contribution is -0.132. The van der Waals surface area contributed by atoms with Crippen molar-refractivity contribution in [3.05, 3.63) is 40.3 Å². The first-order valence-corrected chi connectivity index (χ1v) is 3.96. The highest BCUT2D eigenvalue weighted by Crippen LogP contribution is 2.14. The van der Waals surface area contributed by atoms with E-state index in [0.29, 0.717) is 5.56 Å². The zero-order valence-corrected chi connectivity index (χ0v) is 7.54. The Morgan fingerprint density at radius 3 is 2.40 bits per heavy atom. The van der Waals surface area contributed by atoms with Gasteiger partial charge in [0.2, 0.25) is 0 Å². The third-order valence-electron chi connectivity index (χ3n) is 1.66. The number of nitrogens with zero attached hydrogens (tertiary/aromatic N) is 2. The summed E-state index contributed by atoms with van der Waals surface area (Å²) in [7, 11) is 0. The van der Waals surface area contributed by atoms with Crippen LogP contribution in [0.15, 0.2) is 35.0 Å². The Kier molecular flexibility index (Phi) is 3.30. The summed E-state index contributed by atoms with van der Waals surface area (Å²) in [4.78, 5) is 20.6. The predicted molar refractivity (Wildman–Crippen MR) is 53.1 cm³/mol. The summed E-state index contributed by atoms with van der Waals surface area (Å²) < 4.78 is 0. The van der Waals surface area contributed by atoms with Gasteiger partial charge in [0.25, 0.3) is 0 Å². The zero-order valence-electron chi connectivity index (χ0n) is 7.54. The minimum absolute atomic E-state index is 0.251. The molecule has 5 heteroatoms. The van der Waals surface area contributed by atoms with Crippen LogP contribution in [0.4, 0.5) is 5.69 Å². The van der Waals surface area contributed by atoms with Gasteiger partial charge in [0.1, 0.15) is 17.3 Å². The average Bonchev–Trinajstić information content (AvgIpc) is 2.26. The first kappa shape index (κ1) is 10.6. The molecule has 1 aromatic carbocycles. The first-order valence-electron chi connectivity index (χ1n) is 3.96. The van der Waals surface area contributed by atoms with Gasteiger partial charge in [-0.05, 0) is 28.9 Å². The molecule has 0 bridgehead atoms. The number of nitriles is 1. The van der Waals surface area contributed by atoms with Gasteiger partial charge in [0.05, 0.1) is 0 Å². The number of hydrogen-bond donors (Lipinski definition) is 1. The summed E-state index contributed by atoms with van der Waals surface area (Å²) >= 11 is 0. The molecule has 0 aromatic heterocycles. The van der Waals surface area contributed by atoms with Crippen molar-refractivity contribution in [2.24, 2.45) is 5.18 Å². The number of aliphatic carboxylic acids is 1. The molecular formula is C10H6N2O3. The third kappa shape index (κ3) is 2.74. The molecule has 0 radical (unpaired) electrons. The van der Waals surface area contributed by atoms with Crippen LogP contribution in [0.5, 0.6) is 0 Å². The van der Waals surface area contributed by atoms with E-state index in [2.05, 4.69) is 5.18 Å². The Hall–Kier alpha value is -2.48. The quantitative estimate of drug-likeness (QED) is 0.461. The van der Waals surface area contributed by atoms with Crippen molar-refractivity contribution < 1.29 is 9.90 Å². The van der Waals surface area contributed by atoms with Crippen molar-refractivity contribution in [3.8, 4) is 6.07 Å². The Morgan fingerprint density at radius 1 is 1.40 bits per heavy atom. The molecule has 0 fully saturated rings. The van der Waals surface area contributed by atoms with Gasteiger partial charge in [-0.3, -0.25) is 0 Å². The lowest BCUT2D eigenvalue weighted by atomic mass is 10.1. The highest BCUT2D eigenvalue weighted by Gasteiger charge is 2.05. The minimum Gasteiger partial charge on any atom is -0.477 e. The Labute approximate surface area is 85.2 Å². The third-order valence-corrected chi connectivity index (χ3v) is 1.66. The van der Waals surface area contributed by atoms with Crippen LogP contribution in [0.2, 0.25) is 0 Å². The summed E-state index contributed by atoms with van der Waals surface area (Å²) in [6.07, 6.45) is 1.22. The summed E-state index contributed by atoms with van der Waals surface area (Å²) in [5.74, 6) is -1.28. The molecule has 15 heavy (non-hydrogen) atoms. The number of hydrogen-bond acceptors (Lipinski definition) is 4. The summed E-state index contributed by atoms with van der Waals surface area (Å²) in [5.41, 5.74) is 0.421. The number of carboxylic acid groups (broad SMARTS) is 1. The molecule has 0 saturated heterocycles. The van der Waals surface area contributed by atoms with Gasteiger partial charge in [-0.25, -0.2) is 4.79 Å². The van der Waals surface area contributed by atoms with E-state index in [4.69, 9.17) is 10.4 Å². The van der Waals surface area contributed by atoms with E-state index in [1.165, 1.54) is 30.3 Å². The van der Waals surface area contributed by atoms with Crippen LogP contribution >= 0.6 is 0 Å². The van der Waals surface area contributed by atoms with Crippen molar-refractivity contribution in [1.82, 2.24) is 0 Å². The average molecular weight is 202 g/mol. The highest BCUT2D eigenvalue weighted by molar-refractivity contribution is 5.96. The topological polar surface area (TPSA) is 90.5 Å². The van der Waals surface area contributed by atoms with Crippen LogP contribution in [-0.2, 0) is 4.79 Å². The van der Waals surface area contributed by atoms with Gasteiger partial charge < -0.3 is 5.11 Å². The van der Waals surface area contributed by atoms with E-state index in [0.717, 1.165) is 0 Å². The summed E-state index contributed by atoms with van der Waals surface area (Å²) in [6.45, 7) is 0. The number of nitroso groups, excluding NO2 is 1. The molecule has 74 valence electrons. The lowest BCUT2D eigenvalue weighted by Crippen LogP contribution is -1.97. The molecule has 1 aromatic rings. The molecule has 1 rings (SSSR count). The van der Waals surface area contributed by atoms with Crippen molar-refractivity contribution in [2.75, 3.05) is 0 Å². The monoisotopic (exact) mass is 202 g/mol. The Bertz CT molecular complexity index is 455. The van der Waals surface area contributed by atoms with Crippen molar-refractivity contribution in [2.45, 2.75) is 0 Å². The fourth-order valence-corrected chi connectivity index (χ4v) is 0.940. The van der Waals surface area contributed by atoms with E-state index in [9.17, 15) is 9.70 Å². The number of carbonyl (C=O) groups is 1. The van der Waals surface area contributed by atoms with E-state index >= 15 is 0 Å². The van der Waals surface area contributed by atoms with Gasteiger partial charge in [-0.15, -0.1) is 4.91 Å². The molecular weight excluding hydrogens is 196 g/mol. The zero-order chi connectivity index (χ0) is 11.3. The number of benzene rings is 1. The molecule has 0 aliphatic carbocycles. The van der Waals surface area contributed by atoms with Crippen LogP contribution in [0.1, 0.15) is 5.56 Å². The maximum atomic E-state index is 10.5. The van der Waals surface area contributed by atoms with Crippen LogP contribution < -0.4 is 0 Å². The lowest BCUT2D eigenvalue weighted by Gasteiger charge is -1.93. The molecule has 0 aliphatic rings. The van der Waals surface area contributed by atoms with E-state index in [1.807, 2.05) is 0 Å². The van der Waals surface area contributed by atoms with E-state index < -0.39 is 5.97 Å². The molecule has 5 nitrogen and oxygen atoms in total. The van der Waals surface area contributed by atoms with Gasteiger partial charge in [-0.1, -0.05) is 12.1 Å². The van der Waals surface area contributed by atoms with Crippen LogP contribution in [-0.4, -0.2) is 11.1 Å². The molecule has 0 unspecified atom stereocenters. The Morgan fingerprint density at radius 2 is 2.00 bits per heavy atom. The van der Waals surface area contributed by atoms with Gasteiger partial charge >= 0.3 is 5.97 Å².